The summed E-state index contributed by atoms with van der Waals surface area (Å²) in [6.07, 6.45) is -0.939. The third-order valence-electron chi connectivity index (χ3n) is 2.91. The Morgan fingerprint density at radius 1 is 0.950 bits per heavy atom. The minimum absolute atomic E-state index is 0.183. The van der Waals surface area contributed by atoms with Crippen molar-refractivity contribution in [2.24, 2.45) is 0 Å². The van der Waals surface area contributed by atoms with Crippen molar-refractivity contribution < 1.29 is 18.3 Å². The van der Waals surface area contributed by atoms with Crippen molar-refractivity contribution >= 4 is 0 Å². The lowest BCUT2D eigenvalue weighted by Crippen LogP contribution is -2.21. The third-order valence-corrected chi connectivity index (χ3v) is 2.91. The molecule has 0 saturated carbocycles. The summed E-state index contributed by atoms with van der Waals surface area (Å²) in [4.78, 5) is 0. The maximum Gasteiger partial charge on any atom is 0.159 e. The smallest absolute Gasteiger partial charge is 0.159 e. The van der Waals surface area contributed by atoms with Crippen LogP contribution in [0.25, 0.3) is 0 Å². The van der Waals surface area contributed by atoms with E-state index < -0.39 is 17.7 Å². The minimum Gasteiger partial charge on any atom is -0.387 e. The molecule has 0 heterocycles. The van der Waals surface area contributed by atoms with Gasteiger partial charge in [-0.2, -0.15) is 0 Å². The molecule has 0 radical (unpaired) electrons. The van der Waals surface area contributed by atoms with Gasteiger partial charge in [0.2, 0.25) is 0 Å². The van der Waals surface area contributed by atoms with E-state index >= 15 is 0 Å². The molecule has 2 aromatic carbocycles. The lowest BCUT2D eigenvalue weighted by atomic mass is 10.1. The van der Waals surface area contributed by atoms with E-state index in [1.54, 1.807) is 12.1 Å². The molecular weight excluding hydrogens is 267 g/mol. The summed E-state index contributed by atoms with van der Waals surface area (Å²) in [5.41, 5.74) is 1.17. The Labute approximate surface area is 114 Å². The molecule has 2 nitrogen and oxygen atoms in total. The fraction of sp³-hybridized carbons (Fsp3) is 0.200. The summed E-state index contributed by atoms with van der Waals surface area (Å²) in [5.74, 6) is -2.24. The fourth-order valence-electron chi connectivity index (χ4n) is 1.79. The van der Waals surface area contributed by atoms with Gasteiger partial charge in [-0.15, -0.1) is 0 Å². The molecule has 106 valence electrons. The maximum absolute atomic E-state index is 13.0. The third kappa shape index (κ3) is 3.82. The highest BCUT2D eigenvalue weighted by Crippen LogP contribution is 2.15. The second kappa shape index (κ2) is 6.54. The molecule has 1 unspecified atom stereocenters. The lowest BCUT2D eigenvalue weighted by molar-refractivity contribution is 0.173. The maximum atomic E-state index is 13.0. The van der Waals surface area contributed by atoms with Crippen LogP contribution >= 0.6 is 0 Å². The SMILES string of the molecule is OC(CNCc1ccc(F)cc1)c1ccc(F)c(F)c1. The average molecular weight is 281 g/mol. The Hall–Kier alpha value is -1.85. The van der Waals surface area contributed by atoms with Crippen molar-refractivity contribution in [2.75, 3.05) is 6.54 Å². The molecule has 0 spiro atoms. The molecule has 2 aromatic rings. The predicted molar refractivity (Wildman–Crippen MR) is 69.4 cm³/mol. The molecule has 0 aliphatic heterocycles. The van der Waals surface area contributed by atoms with E-state index in [0.29, 0.717) is 12.1 Å². The van der Waals surface area contributed by atoms with Crippen molar-refractivity contribution in [2.45, 2.75) is 12.6 Å². The van der Waals surface area contributed by atoms with Crippen LogP contribution in [0.3, 0.4) is 0 Å². The first-order valence-corrected chi connectivity index (χ1v) is 6.14. The first kappa shape index (κ1) is 14.6. The Morgan fingerprint density at radius 2 is 1.65 bits per heavy atom. The van der Waals surface area contributed by atoms with Gasteiger partial charge < -0.3 is 10.4 Å². The molecule has 0 aromatic heterocycles. The van der Waals surface area contributed by atoms with Crippen LogP contribution in [0.2, 0.25) is 0 Å². The number of hydrogen-bond donors (Lipinski definition) is 2. The number of benzene rings is 2. The van der Waals surface area contributed by atoms with E-state index in [0.717, 1.165) is 17.7 Å². The van der Waals surface area contributed by atoms with E-state index in [4.69, 9.17) is 0 Å². The Kier molecular flexibility index (Phi) is 4.76. The molecule has 0 saturated heterocycles. The molecule has 0 bridgehead atoms. The first-order valence-electron chi connectivity index (χ1n) is 6.14. The summed E-state index contributed by atoms with van der Waals surface area (Å²) >= 11 is 0. The Bertz CT molecular complexity index is 572. The van der Waals surface area contributed by atoms with Crippen LogP contribution in [0.5, 0.6) is 0 Å². The van der Waals surface area contributed by atoms with Gasteiger partial charge in [0.25, 0.3) is 0 Å². The van der Waals surface area contributed by atoms with Crippen molar-refractivity contribution in [1.82, 2.24) is 5.32 Å². The molecule has 20 heavy (non-hydrogen) atoms. The summed E-state index contributed by atoms with van der Waals surface area (Å²) in [6.45, 7) is 0.628. The van der Waals surface area contributed by atoms with Gasteiger partial charge in [0.1, 0.15) is 5.82 Å². The molecular formula is C15H14F3NO. The van der Waals surface area contributed by atoms with Crippen LogP contribution in [-0.2, 0) is 6.54 Å². The number of aliphatic hydroxyl groups is 1. The molecule has 0 fully saturated rings. The summed E-state index contributed by atoms with van der Waals surface area (Å²) in [5, 5.41) is 12.8. The molecule has 0 aliphatic carbocycles. The number of nitrogens with one attached hydrogen (secondary N) is 1. The average Bonchev–Trinajstić information content (AvgIpc) is 2.44. The highest BCUT2D eigenvalue weighted by atomic mass is 19.2. The molecule has 0 amide bonds. The second-order valence-corrected chi connectivity index (χ2v) is 4.45. The largest absolute Gasteiger partial charge is 0.387 e. The van der Waals surface area contributed by atoms with Crippen LogP contribution in [-0.4, -0.2) is 11.7 Å². The van der Waals surface area contributed by atoms with Gasteiger partial charge in [-0.05, 0) is 35.4 Å². The molecule has 0 aliphatic rings. The van der Waals surface area contributed by atoms with Gasteiger partial charge in [-0.25, -0.2) is 13.2 Å². The monoisotopic (exact) mass is 281 g/mol. The van der Waals surface area contributed by atoms with Crippen molar-refractivity contribution in [1.29, 1.82) is 0 Å². The molecule has 1 atom stereocenters. The Morgan fingerprint density at radius 3 is 2.30 bits per heavy atom. The molecule has 2 rings (SSSR count). The minimum atomic E-state index is -0.986. The van der Waals surface area contributed by atoms with Crippen molar-refractivity contribution in [3.05, 3.63) is 71.0 Å². The van der Waals surface area contributed by atoms with E-state index in [1.807, 2.05) is 0 Å². The lowest BCUT2D eigenvalue weighted by Gasteiger charge is -2.12. The highest BCUT2D eigenvalue weighted by molar-refractivity contribution is 5.20. The van der Waals surface area contributed by atoms with Crippen molar-refractivity contribution in [3.63, 3.8) is 0 Å². The standard InChI is InChI=1S/C15H14F3NO/c16-12-4-1-10(2-5-12)8-19-9-15(20)11-3-6-13(17)14(18)7-11/h1-7,15,19-20H,8-9H2. The first-order chi connectivity index (χ1) is 9.56. The van der Waals surface area contributed by atoms with Crippen LogP contribution in [0.15, 0.2) is 42.5 Å². The highest BCUT2D eigenvalue weighted by Gasteiger charge is 2.10. The van der Waals surface area contributed by atoms with E-state index in [9.17, 15) is 18.3 Å². The molecule has 5 heteroatoms. The van der Waals surface area contributed by atoms with Gasteiger partial charge in [-0.1, -0.05) is 18.2 Å². The predicted octanol–water partition coefficient (Wildman–Crippen LogP) is 2.93. The van der Waals surface area contributed by atoms with Crippen LogP contribution in [0.4, 0.5) is 13.2 Å². The quantitative estimate of drug-likeness (QED) is 0.883. The summed E-state index contributed by atoms with van der Waals surface area (Å²) in [7, 11) is 0. The number of hydrogen-bond acceptors (Lipinski definition) is 2. The number of aliphatic hydroxyl groups excluding tert-OH is 1. The number of halogens is 3. The zero-order valence-corrected chi connectivity index (χ0v) is 10.6. The van der Waals surface area contributed by atoms with Crippen LogP contribution < -0.4 is 5.32 Å². The van der Waals surface area contributed by atoms with Gasteiger partial charge in [0, 0.05) is 13.1 Å². The number of rotatable bonds is 5. The zero-order valence-electron chi connectivity index (χ0n) is 10.6. The van der Waals surface area contributed by atoms with E-state index in [2.05, 4.69) is 5.32 Å². The van der Waals surface area contributed by atoms with Gasteiger partial charge in [0.15, 0.2) is 11.6 Å². The van der Waals surface area contributed by atoms with E-state index in [-0.39, 0.29) is 12.4 Å². The zero-order chi connectivity index (χ0) is 14.5. The second-order valence-electron chi connectivity index (χ2n) is 4.45. The Balaban J connectivity index is 1.87. The van der Waals surface area contributed by atoms with Crippen molar-refractivity contribution in [3.8, 4) is 0 Å². The summed E-state index contributed by atoms with van der Waals surface area (Å²) < 4.78 is 38.5. The van der Waals surface area contributed by atoms with E-state index in [1.165, 1.54) is 18.2 Å². The van der Waals surface area contributed by atoms with Gasteiger partial charge in [0.05, 0.1) is 6.10 Å². The molecule has 2 N–H and O–H groups in total. The van der Waals surface area contributed by atoms with Crippen LogP contribution in [0.1, 0.15) is 17.2 Å². The van der Waals surface area contributed by atoms with Gasteiger partial charge >= 0.3 is 0 Å². The van der Waals surface area contributed by atoms with Gasteiger partial charge in [-0.3, -0.25) is 0 Å². The fourth-order valence-corrected chi connectivity index (χ4v) is 1.79. The summed E-state index contributed by atoms with van der Waals surface area (Å²) in [6, 6.07) is 9.25. The van der Waals surface area contributed by atoms with Crippen LogP contribution in [0, 0.1) is 17.5 Å². The topological polar surface area (TPSA) is 32.3 Å². The normalized spacial score (nSPS) is 12.4.